The summed E-state index contributed by atoms with van der Waals surface area (Å²) in [7, 11) is 0. The van der Waals surface area contributed by atoms with Gasteiger partial charge in [-0.1, -0.05) is 23.9 Å². The summed E-state index contributed by atoms with van der Waals surface area (Å²) in [6.45, 7) is 6.33. The molecule has 0 atom stereocenters. The minimum Gasteiger partial charge on any atom is -0.462 e. The van der Waals surface area contributed by atoms with Crippen molar-refractivity contribution >= 4 is 23.4 Å². The molecule has 0 bridgehead atoms. The quantitative estimate of drug-likeness (QED) is 0.256. The fourth-order valence-corrected chi connectivity index (χ4v) is 3.34. The number of nitrogens with zero attached hydrogens (tertiary/aromatic N) is 2. The molecule has 1 saturated heterocycles. The SMILES string of the molecule is CCOC(=O)C(Sc1ccccc1[N+](=O)[O-])=C(C)N1CCOCC1. The first kappa shape index (κ1) is 18.3. The Bertz CT molecular complexity index is 641. The number of rotatable bonds is 6. The number of morpholine rings is 1. The standard InChI is InChI=1S/C16H20N2O5S/c1-3-23-16(19)15(12(2)17-8-10-22-11-9-17)24-14-7-5-4-6-13(14)18(20)21/h4-7H,3,8-11H2,1-2H3. The zero-order chi connectivity index (χ0) is 17.5. The van der Waals surface area contributed by atoms with Crippen LogP contribution < -0.4 is 0 Å². The highest BCUT2D eigenvalue weighted by molar-refractivity contribution is 8.04. The average Bonchev–Trinajstić information content (AvgIpc) is 2.60. The van der Waals surface area contributed by atoms with Gasteiger partial charge < -0.3 is 14.4 Å². The van der Waals surface area contributed by atoms with E-state index in [1.165, 1.54) is 6.07 Å². The molecular weight excluding hydrogens is 332 g/mol. The Hall–Kier alpha value is -2.06. The Kier molecular flexibility index (Phi) is 6.62. The lowest BCUT2D eigenvalue weighted by atomic mass is 10.3. The maximum atomic E-state index is 12.4. The number of nitro groups is 1. The molecule has 0 spiro atoms. The molecule has 7 nitrogen and oxygen atoms in total. The van der Waals surface area contributed by atoms with Crippen LogP contribution in [0.25, 0.3) is 0 Å². The molecule has 0 amide bonds. The largest absolute Gasteiger partial charge is 0.462 e. The van der Waals surface area contributed by atoms with Gasteiger partial charge in [-0.15, -0.1) is 0 Å². The second-order valence-corrected chi connectivity index (χ2v) is 6.11. The van der Waals surface area contributed by atoms with Gasteiger partial charge in [0.05, 0.1) is 29.6 Å². The highest BCUT2D eigenvalue weighted by atomic mass is 32.2. The van der Waals surface area contributed by atoms with Crippen LogP contribution >= 0.6 is 11.8 Å². The molecule has 1 heterocycles. The molecule has 1 fully saturated rings. The van der Waals surface area contributed by atoms with Crippen molar-refractivity contribution in [3.05, 3.63) is 45.0 Å². The number of esters is 1. The van der Waals surface area contributed by atoms with E-state index in [2.05, 4.69) is 0 Å². The predicted octanol–water partition coefficient (Wildman–Crippen LogP) is 2.81. The summed E-state index contributed by atoms with van der Waals surface area (Å²) >= 11 is 1.07. The molecule has 2 rings (SSSR count). The van der Waals surface area contributed by atoms with E-state index >= 15 is 0 Å². The highest BCUT2D eigenvalue weighted by Crippen LogP contribution is 2.36. The smallest absolute Gasteiger partial charge is 0.346 e. The van der Waals surface area contributed by atoms with Gasteiger partial charge in [-0.2, -0.15) is 0 Å². The molecule has 0 radical (unpaired) electrons. The van der Waals surface area contributed by atoms with Crippen LogP contribution in [0.2, 0.25) is 0 Å². The number of allylic oxidation sites excluding steroid dienone is 1. The molecule has 8 heteroatoms. The van der Waals surface area contributed by atoms with E-state index in [9.17, 15) is 14.9 Å². The molecule has 0 unspecified atom stereocenters. The van der Waals surface area contributed by atoms with Crippen LogP contribution in [0.4, 0.5) is 5.69 Å². The topological polar surface area (TPSA) is 81.9 Å². The van der Waals surface area contributed by atoms with Crippen LogP contribution in [-0.4, -0.2) is 48.7 Å². The minimum absolute atomic E-state index is 0.0286. The van der Waals surface area contributed by atoms with Crippen LogP contribution in [0, 0.1) is 10.1 Å². The van der Waals surface area contributed by atoms with E-state index in [-0.39, 0.29) is 12.3 Å². The Morgan fingerprint density at radius 2 is 2.04 bits per heavy atom. The highest BCUT2D eigenvalue weighted by Gasteiger charge is 2.24. The van der Waals surface area contributed by atoms with Gasteiger partial charge in [0, 0.05) is 24.9 Å². The van der Waals surface area contributed by atoms with Crippen molar-refractivity contribution in [2.75, 3.05) is 32.9 Å². The summed E-state index contributed by atoms with van der Waals surface area (Å²) in [5.41, 5.74) is 0.721. The number of carbonyl (C=O) groups excluding carboxylic acids is 1. The van der Waals surface area contributed by atoms with Gasteiger partial charge in [-0.05, 0) is 19.9 Å². The number of para-hydroxylation sites is 1. The summed E-state index contributed by atoms with van der Waals surface area (Å²) in [6, 6.07) is 6.37. The van der Waals surface area contributed by atoms with Gasteiger partial charge in [0.15, 0.2) is 0 Å². The third-order valence-electron chi connectivity index (χ3n) is 3.55. The van der Waals surface area contributed by atoms with Crippen LogP contribution in [0.1, 0.15) is 13.8 Å². The Morgan fingerprint density at radius 1 is 1.38 bits per heavy atom. The number of hydrogen-bond acceptors (Lipinski definition) is 7. The maximum Gasteiger partial charge on any atom is 0.346 e. The van der Waals surface area contributed by atoms with Gasteiger partial charge in [0.2, 0.25) is 0 Å². The number of thioether (sulfide) groups is 1. The van der Waals surface area contributed by atoms with Gasteiger partial charge >= 0.3 is 5.97 Å². The van der Waals surface area contributed by atoms with Crippen molar-refractivity contribution in [3.8, 4) is 0 Å². The third kappa shape index (κ3) is 4.48. The van der Waals surface area contributed by atoms with Gasteiger partial charge in [0.25, 0.3) is 5.69 Å². The molecule has 1 aromatic rings. The zero-order valence-electron chi connectivity index (χ0n) is 13.7. The number of nitro benzene ring substituents is 1. The summed E-state index contributed by atoms with van der Waals surface area (Å²) in [6.07, 6.45) is 0. The molecule has 0 aliphatic carbocycles. The van der Waals surface area contributed by atoms with Crippen LogP contribution in [0.5, 0.6) is 0 Å². The second-order valence-electron chi connectivity index (χ2n) is 5.06. The first-order valence-corrected chi connectivity index (χ1v) is 8.48. The monoisotopic (exact) mass is 352 g/mol. The number of ether oxygens (including phenoxy) is 2. The van der Waals surface area contributed by atoms with E-state index < -0.39 is 10.9 Å². The van der Waals surface area contributed by atoms with Crippen molar-refractivity contribution in [1.29, 1.82) is 0 Å². The molecular formula is C16H20N2O5S. The van der Waals surface area contributed by atoms with E-state index in [4.69, 9.17) is 9.47 Å². The maximum absolute atomic E-state index is 12.4. The first-order chi connectivity index (χ1) is 11.5. The lowest BCUT2D eigenvalue weighted by Crippen LogP contribution is -2.35. The van der Waals surface area contributed by atoms with Crippen molar-refractivity contribution in [2.45, 2.75) is 18.7 Å². The molecule has 130 valence electrons. The molecule has 0 aromatic heterocycles. The summed E-state index contributed by atoms with van der Waals surface area (Å²) in [5.74, 6) is -0.468. The van der Waals surface area contributed by atoms with Crippen LogP contribution in [0.3, 0.4) is 0 Å². The van der Waals surface area contributed by atoms with Crippen LogP contribution in [-0.2, 0) is 14.3 Å². The summed E-state index contributed by atoms with van der Waals surface area (Å²) in [4.78, 5) is 26.0. The second kappa shape index (κ2) is 8.70. The lowest BCUT2D eigenvalue weighted by Gasteiger charge is -2.30. The Morgan fingerprint density at radius 3 is 2.67 bits per heavy atom. The lowest BCUT2D eigenvalue weighted by molar-refractivity contribution is -0.387. The molecule has 1 aliphatic heterocycles. The average molecular weight is 352 g/mol. The van der Waals surface area contributed by atoms with Crippen LogP contribution in [0.15, 0.2) is 39.8 Å². The third-order valence-corrected chi connectivity index (χ3v) is 4.78. The molecule has 24 heavy (non-hydrogen) atoms. The fourth-order valence-electron chi connectivity index (χ4n) is 2.31. The Labute approximate surface area is 144 Å². The Balaban J connectivity index is 2.36. The molecule has 0 saturated carbocycles. The first-order valence-electron chi connectivity index (χ1n) is 7.66. The minimum atomic E-state index is -0.468. The van der Waals surface area contributed by atoms with Gasteiger partial charge in [0.1, 0.15) is 4.91 Å². The van der Waals surface area contributed by atoms with E-state index in [1.807, 2.05) is 11.8 Å². The molecule has 1 aromatic carbocycles. The summed E-state index contributed by atoms with van der Waals surface area (Å²) in [5, 5.41) is 11.2. The van der Waals surface area contributed by atoms with Crippen molar-refractivity contribution in [1.82, 2.24) is 4.90 Å². The summed E-state index contributed by atoms with van der Waals surface area (Å²) < 4.78 is 10.5. The van der Waals surface area contributed by atoms with Crippen molar-refractivity contribution in [2.24, 2.45) is 0 Å². The number of benzene rings is 1. The van der Waals surface area contributed by atoms with Gasteiger partial charge in [-0.3, -0.25) is 10.1 Å². The number of carbonyl (C=O) groups is 1. The van der Waals surface area contributed by atoms with E-state index in [0.29, 0.717) is 36.1 Å². The number of hydrogen-bond donors (Lipinski definition) is 0. The fraction of sp³-hybridized carbons (Fsp3) is 0.438. The molecule has 1 aliphatic rings. The van der Waals surface area contributed by atoms with Crippen molar-refractivity contribution in [3.63, 3.8) is 0 Å². The van der Waals surface area contributed by atoms with E-state index in [0.717, 1.165) is 17.5 Å². The predicted molar refractivity (Wildman–Crippen MR) is 90.7 cm³/mol. The van der Waals surface area contributed by atoms with Gasteiger partial charge in [-0.25, -0.2) is 4.79 Å². The van der Waals surface area contributed by atoms with E-state index in [1.54, 1.807) is 25.1 Å². The van der Waals surface area contributed by atoms with Crippen molar-refractivity contribution < 1.29 is 19.2 Å². The zero-order valence-corrected chi connectivity index (χ0v) is 14.5. The molecule has 0 N–H and O–H groups in total. The normalized spacial score (nSPS) is 15.7.